The van der Waals surface area contributed by atoms with E-state index < -0.39 is 11.5 Å². The molecule has 0 aromatic heterocycles. The van der Waals surface area contributed by atoms with Crippen LogP contribution in [-0.4, -0.2) is 48.1 Å². The molecule has 5 heteroatoms. The van der Waals surface area contributed by atoms with Gasteiger partial charge in [-0.1, -0.05) is 13.3 Å². The number of nitrogens with one attached hydrogen (secondary N) is 1. The molecule has 90 valence electrons. The van der Waals surface area contributed by atoms with Gasteiger partial charge in [-0.3, -0.25) is 10.1 Å². The Morgan fingerprint density at radius 3 is 2.60 bits per heavy atom. The molecule has 0 aliphatic heterocycles. The van der Waals surface area contributed by atoms with E-state index in [0.29, 0.717) is 26.2 Å². The molecule has 0 aliphatic carbocycles. The van der Waals surface area contributed by atoms with Gasteiger partial charge in [0, 0.05) is 6.54 Å². The molecule has 0 radical (unpaired) electrons. The van der Waals surface area contributed by atoms with Crippen molar-refractivity contribution in [3.05, 3.63) is 0 Å². The van der Waals surface area contributed by atoms with Crippen LogP contribution in [0.4, 0.5) is 0 Å². The van der Waals surface area contributed by atoms with Crippen molar-refractivity contribution < 1.29 is 19.7 Å². The van der Waals surface area contributed by atoms with Crippen LogP contribution in [0.25, 0.3) is 0 Å². The highest BCUT2D eigenvalue weighted by Gasteiger charge is 2.30. The lowest BCUT2D eigenvalue weighted by molar-refractivity contribution is -0.144. The minimum atomic E-state index is -0.878. The van der Waals surface area contributed by atoms with Crippen molar-refractivity contribution in [3.63, 3.8) is 0 Å². The highest BCUT2D eigenvalue weighted by molar-refractivity contribution is 5.78. The summed E-state index contributed by atoms with van der Waals surface area (Å²) < 4.78 is 5.03. The van der Waals surface area contributed by atoms with Gasteiger partial charge in [-0.05, 0) is 13.3 Å². The lowest BCUT2D eigenvalue weighted by Crippen LogP contribution is -2.50. The highest BCUT2D eigenvalue weighted by Crippen LogP contribution is 2.11. The second kappa shape index (κ2) is 7.62. The fraction of sp³-hybridized carbons (Fsp3) is 0.900. The molecule has 0 rings (SSSR count). The zero-order chi connectivity index (χ0) is 11.7. The van der Waals surface area contributed by atoms with E-state index in [-0.39, 0.29) is 6.61 Å². The van der Waals surface area contributed by atoms with Crippen molar-refractivity contribution in [3.8, 4) is 0 Å². The monoisotopic (exact) mass is 219 g/mol. The summed E-state index contributed by atoms with van der Waals surface area (Å²) >= 11 is 0. The maximum atomic E-state index is 11.0. The number of hydrogen-bond acceptors (Lipinski definition) is 4. The maximum Gasteiger partial charge on any atom is 0.323 e. The number of ether oxygens (including phenoxy) is 1. The van der Waals surface area contributed by atoms with Crippen LogP contribution in [0.1, 0.15) is 26.7 Å². The first-order valence-corrected chi connectivity index (χ1v) is 5.24. The fourth-order valence-corrected chi connectivity index (χ4v) is 1.34. The van der Waals surface area contributed by atoms with Crippen LogP contribution in [0.2, 0.25) is 0 Å². The van der Waals surface area contributed by atoms with Crippen LogP contribution < -0.4 is 5.32 Å². The van der Waals surface area contributed by atoms with Crippen molar-refractivity contribution in [2.24, 2.45) is 0 Å². The first kappa shape index (κ1) is 14.3. The first-order chi connectivity index (χ1) is 7.06. The minimum Gasteiger partial charge on any atom is -0.480 e. The third kappa shape index (κ3) is 5.71. The molecule has 0 amide bonds. The molecular formula is C10H21NO4. The number of aliphatic hydroxyl groups excluding tert-OH is 1. The maximum absolute atomic E-state index is 11.0. The molecule has 0 heterocycles. The summed E-state index contributed by atoms with van der Waals surface area (Å²) in [4.78, 5) is 11.0. The smallest absolute Gasteiger partial charge is 0.323 e. The Bertz CT molecular complexity index is 186. The van der Waals surface area contributed by atoms with Crippen molar-refractivity contribution in [1.82, 2.24) is 5.32 Å². The Morgan fingerprint density at radius 2 is 2.13 bits per heavy atom. The number of hydrogen-bond donors (Lipinski definition) is 3. The average Bonchev–Trinajstić information content (AvgIpc) is 2.18. The number of aliphatic carboxylic acids is 1. The number of carbonyl (C=O) groups is 1. The van der Waals surface area contributed by atoms with Crippen LogP contribution in [0.5, 0.6) is 0 Å². The van der Waals surface area contributed by atoms with Gasteiger partial charge < -0.3 is 14.9 Å². The SMILES string of the molecule is CCCC(C)(NCCOCCO)C(=O)O. The Morgan fingerprint density at radius 1 is 1.47 bits per heavy atom. The van der Waals surface area contributed by atoms with Gasteiger partial charge in [-0.15, -0.1) is 0 Å². The largest absolute Gasteiger partial charge is 0.480 e. The number of carboxylic acid groups (broad SMARTS) is 1. The van der Waals surface area contributed by atoms with E-state index in [0.717, 1.165) is 6.42 Å². The molecule has 0 spiro atoms. The molecule has 0 fully saturated rings. The zero-order valence-electron chi connectivity index (χ0n) is 9.45. The van der Waals surface area contributed by atoms with Crippen LogP contribution in [-0.2, 0) is 9.53 Å². The molecule has 0 aromatic rings. The van der Waals surface area contributed by atoms with Crippen molar-refractivity contribution in [1.29, 1.82) is 0 Å². The lowest BCUT2D eigenvalue weighted by Gasteiger charge is -2.25. The van der Waals surface area contributed by atoms with E-state index in [1.54, 1.807) is 6.92 Å². The third-order valence-corrected chi connectivity index (χ3v) is 2.22. The Kier molecular flexibility index (Phi) is 7.29. The normalized spacial score (nSPS) is 14.9. The Balaban J connectivity index is 3.81. The molecule has 1 unspecified atom stereocenters. The van der Waals surface area contributed by atoms with Gasteiger partial charge in [0.1, 0.15) is 5.54 Å². The van der Waals surface area contributed by atoms with Crippen LogP contribution in [0, 0.1) is 0 Å². The van der Waals surface area contributed by atoms with Crippen molar-refractivity contribution in [2.45, 2.75) is 32.2 Å². The summed E-state index contributed by atoms with van der Waals surface area (Å²) in [5.41, 5.74) is -0.878. The quantitative estimate of drug-likeness (QED) is 0.484. The second-order valence-corrected chi connectivity index (χ2v) is 3.65. The Labute approximate surface area is 90.4 Å². The van der Waals surface area contributed by atoms with E-state index >= 15 is 0 Å². The summed E-state index contributed by atoms with van der Waals surface area (Å²) in [5, 5.41) is 20.4. The van der Waals surface area contributed by atoms with Gasteiger partial charge in [-0.2, -0.15) is 0 Å². The Hall–Kier alpha value is -0.650. The standard InChI is InChI=1S/C10H21NO4/c1-3-4-10(2,9(13)14)11-5-7-15-8-6-12/h11-12H,3-8H2,1-2H3,(H,13,14). The van der Waals surface area contributed by atoms with Gasteiger partial charge in [-0.25, -0.2) is 0 Å². The summed E-state index contributed by atoms with van der Waals surface area (Å²) in [6.45, 7) is 4.79. The molecule has 1 atom stereocenters. The third-order valence-electron chi connectivity index (χ3n) is 2.22. The number of aliphatic hydroxyl groups is 1. The molecule has 0 saturated heterocycles. The lowest BCUT2D eigenvalue weighted by atomic mass is 9.96. The van der Waals surface area contributed by atoms with Gasteiger partial charge in [0.25, 0.3) is 0 Å². The van der Waals surface area contributed by atoms with Crippen molar-refractivity contribution in [2.75, 3.05) is 26.4 Å². The summed E-state index contributed by atoms with van der Waals surface area (Å²) in [7, 11) is 0. The molecule has 5 nitrogen and oxygen atoms in total. The van der Waals surface area contributed by atoms with Crippen LogP contribution in [0.15, 0.2) is 0 Å². The van der Waals surface area contributed by atoms with Gasteiger partial charge >= 0.3 is 5.97 Å². The van der Waals surface area contributed by atoms with Gasteiger partial charge in [0.15, 0.2) is 0 Å². The molecule has 0 saturated carbocycles. The number of rotatable bonds is 9. The highest BCUT2D eigenvalue weighted by atomic mass is 16.5. The van der Waals surface area contributed by atoms with Crippen molar-refractivity contribution >= 4 is 5.97 Å². The zero-order valence-corrected chi connectivity index (χ0v) is 9.45. The van der Waals surface area contributed by atoms with Gasteiger partial charge in [0.2, 0.25) is 0 Å². The van der Waals surface area contributed by atoms with E-state index in [4.69, 9.17) is 14.9 Å². The molecule has 15 heavy (non-hydrogen) atoms. The van der Waals surface area contributed by atoms with E-state index in [2.05, 4.69) is 5.32 Å². The van der Waals surface area contributed by atoms with Crippen LogP contribution >= 0.6 is 0 Å². The summed E-state index contributed by atoms with van der Waals surface area (Å²) in [6.07, 6.45) is 1.40. The topological polar surface area (TPSA) is 78.8 Å². The first-order valence-electron chi connectivity index (χ1n) is 5.24. The molecule has 3 N–H and O–H groups in total. The number of carboxylic acids is 1. The van der Waals surface area contributed by atoms with E-state index in [1.165, 1.54) is 0 Å². The predicted molar refractivity (Wildman–Crippen MR) is 56.9 cm³/mol. The fourth-order valence-electron chi connectivity index (χ4n) is 1.34. The van der Waals surface area contributed by atoms with E-state index in [9.17, 15) is 4.79 Å². The summed E-state index contributed by atoms with van der Waals surface area (Å²) in [5.74, 6) is -0.841. The summed E-state index contributed by atoms with van der Waals surface area (Å²) in [6, 6.07) is 0. The second-order valence-electron chi connectivity index (χ2n) is 3.65. The average molecular weight is 219 g/mol. The van der Waals surface area contributed by atoms with Gasteiger partial charge in [0.05, 0.1) is 19.8 Å². The minimum absolute atomic E-state index is 0.00877. The molecular weight excluding hydrogens is 198 g/mol. The molecule has 0 aliphatic rings. The molecule has 0 bridgehead atoms. The molecule has 0 aromatic carbocycles. The predicted octanol–water partition coefficient (Wildman–Crippen LogP) is 0.228. The van der Waals surface area contributed by atoms with Crippen LogP contribution in [0.3, 0.4) is 0 Å². The van der Waals surface area contributed by atoms with E-state index in [1.807, 2.05) is 6.92 Å².